The van der Waals surface area contributed by atoms with Gasteiger partial charge >= 0.3 is 6.18 Å². The molecule has 204 valence electrons. The topological polar surface area (TPSA) is 94.6 Å². The number of rotatable bonds is 9. The van der Waals surface area contributed by atoms with Crippen LogP contribution in [-0.2, 0) is 34.1 Å². The number of hydrogen-bond donors (Lipinski definition) is 2. The van der Waals surface area contributed by atoms with Gasteiger partial charge in [0.15, 0.2) is 0 Å². The molecule has 1 aromatic heterocycles. The minimum atomic E-state index is -4.60. The largest absolute Gasteiger partial charge is 0.433 e. The lowest BCUT2D eigenvalue weighted by Crippen LogP contribution is -2.33. The predicted molar refractivity (Wildman–Crippen MR) is 132 cm³/mol. The summed E-state index contributed by atoms with van der Waals surface area (Å²) in [7, 11) is 0.326. The smallest absolute Gasteiger partial charge is 0.355 e. The number of hydrogen-bond acceptors (Lipinski definition) is 6. The van der Waals surface area contributed by atoms with E-state index in [0.29, 0.717) is 24.2 Å². The van der Waals surface area contributed by atoms with Gasteiger partial charge in [-0.15, -0.1) is 0 Å². The van der Waals surface area contributed by atoms with Crippen molar-refractivity contribution in [2.45, 2.75) is 44.6 Å². The van der Waals surface area contributed by atoms with Crippen molar-refractivity contribution < 1.29 is 30.8 Å². The molecule has 0 spiro atoms. The standard InChI is InChI=1S/C24H31F4N5O3S/c1-15(16-5-6-17(20(25)11-16)13-30-37(4,35)36)23(34)29-12-18-7-8-21(24(26,27)28)31-22(18)33-10-9-19(14-33)32(2)3/h5-8,11,15,19,30H,9-10,12-14H2,1-4H3,(H,29,34)/t15?,19-/m1/s1. The molecule has 1 fully saturated rings. The third kappa shape index (κ3) is 7.62. The number of alkyl halides is 3. The van der Waals surface area contributed by atoms with Crippen LogP contribution in [0.5, 0.6) is 0 Å². The molecule has 2 aromatic rings. The van der Waals surface area contributed by atoms with Crippen molar-refractivity contribution in [2.75, 3.05) is 38.3 Å². The van der Waals surface area contributed by atoms with E-state index in [1.807, 2.05) is 19.0 Å². The minimum absolute atomic E-state index is 0.0500. The average molecular weight is 546 g/mol. The number of nitrogens with one attached hydrogen (secondary N) is 2. The second-order valence-electron chi connectivity index (χ2n) is 9.41. The Morgan fingerprint density at radius 2 is 1.86 bits per heavy atom. The Balaban J connectivity index is 1.74. The Hall–Kier alpha value is -2.77. The van der Waals surface area contributed by atoms with Gasteiger partial charge in [0.05, 0.1) is 12.2 Å². The van der Waals surface area contributed by atoms with Crippen molar-refractivity contribution in [3.8, 4) is 0 Å². The van der Waals surface area contributed by atoms with Crippen molar-refractivity contribution in [3.63, 3.8) is 0 Å². The Kier molecular flexibility index (Phi) is 8.81. The number of sulfonamides is 1. The fourth-order valence-corrected chi connectivity index (χ4v) is 4.49. The van der Waals surface area contributed by atoms with Crippen molar-refractivity contribution in [1.82, 2.24) is 19.9 Å². The van der Waals surface area contributed by atoms with Gasteiger partial charge in [0, 0.05) is 43.3 Å². The maximum absolute atomic E-state index is 14.5. The Bertz CT molecular complexity index is 1240. The molecule has 2 atom stereocenters. The van der Waals surface area contributed by atoms with Crippen LogP contribution >= 0.6 is 0 Å². The van der Waals surface area contributed by atoms with Crippen LogP contribution in [-0.4, -0.2) is 63.7 Å². The lowest BCUT2D eigenvalue weighted by molar-refractivity contribution is -0.141. The molecular weight excluding hydrogens is 514 g/mol. The van der Waals surface area contributed by atoms with Crippen LogP contribution in [0.1, 0.15) is 41.6 Å². The summed E-state index contributed by atoms with van der Waals surface area (Å²) in [5, 5.41) is 2.72. The summed E-state index contributed by atoms with van der Waals surface area (Å²) in [4.78, 5) is 20.5. The molecule has 2 N–H and O–H groups in total. The van der Waals surface area contributed by atoms with E-state index in [2.05, 4.69) is 15.0 Å². The maximum atomic E-state index is 14.5. The molecular formula is C24H31F4N5O3S. The fraction of sp³-hybridized carbons (Fsp3) is 0.500. The van der Waals surface area contributed by atoms with Crippen molar-refractivity contribution in [2.24, 2.45) is 0 Å². The van der Waals surface area contributed by atoms with Gasteiger partial charge in [-0.25, -0.2) is 22.5 Å². The van der Waals surface area contributed by atoms with E-state index in [0.717, 1.165) is 18.7 Å². The Labute approximate surface area is 214 Å². The van der Waals surface area contributed by atoms with E-state index >= 15 is 0 Å². The van der Waals surface area contributed by atoms with Gasteiger partial charge in [-0.05, 0) is 45.1 Å². The molecule has 0 radical (unpaired) electrons. The highest BCUT2D eigenvalue weighted by Gasteiger charge is 2.35. The van der Waals surface area contributed by atoms with Crippen LogP contribution in [0.25, 0.3) is 0 Å². The van der Waals surface area contributed by atoms with Crippen LogP contribution in [0.15, 0.2) is 30.3 Å². The van der Waals surface area contributed by atoms with E-state index in [-0.39, 0.29) is 30.5 Å². The van der Waals surface area contributed by atoms with Gasteiger partial charge in [0.25, 0.3) is 0 Å². The molecule has 1 saturated heterocycles. The van der Waals surface area contributed by atoms with E-state index in [4.69, 9.17) is 0 Å². The number of likely N-dealkylation sites (N-methyl/N-ethyl adjacent to an activating group) is 1. The molecule has 8 nitrogen and oxygen atoms in total. The van der Waals surface area contributed by atoms with Crippen LogP contribution in [0.4, 0.5) is 23.4 Å². The maximum Gasteiger partial charge on any atom is 0.433 e. The average Bonchev–Trinajstić information content (AvgIpc) is 3.30. The lowest BCUT2D eigenvalue weighted by atomic mass is 9.98. The van der Waals surface area contributed by atoms with Crippen molar-refractivity contribution in [1.29, 1.82) is 0 Å². The molecule has 13 heteroatoms. The zero-order chi connectivity index (χ0) is 27.5. The van der Waals surface area contributed by atoms with Gasteiger partial charge in [0.1, 0.15) is 17.3 Å². The lowest BCUT2D eigenvalue weighted by Gasteiger charge is -2.24. The van der Waals surface area contributed by atoms with Crippen LogP contribution in [0.2, 0.25) is 0 Å². The zero-order valence-electron chi connectivity index (χ0n) is 21.1. The second kappa shape index (κ2) is 11.3. The number of aromatic nitrogens is 1. The number of halogens is 4. The SMILES string of the molecule is CC(C(=O)NCc1ccc(C(F)(F)F)nc1N1CC[C@@H](N(C)C)C1)c1ccc(CNS(C)(=O)=O)c(F)c1. The quantitative estimate of drug-likeness (QED) is 0.471. The Morgan fingerprint density at radius 1 is 1.19 bits per heavy atom. The number of pyridine rings is 1. The van der Waals surface area contributed by atoms with E-state index in [1.165, 1.54) is 24.3 Å². The first-order valence-corrected chi connectivity index (χ1v) is 13.5. The normalized spacial score (nSPS) is 17.3. The van der Waals surface area contributed by atoms with Crippen LogP contribution in [0.3, 0.4) is 0 Å². The molecule has 0 bridgehead atoms. The summed E-state index contributed by atoms with van der Waals surface area (Å²) in [6.45, 7) is 2.35. The van der Waals surface area contributed by atoms with E-state index in [9.17, 15) is 30.8 Å². The number of benzene rings is 1. The van der Waals surface area contributed by atoms with Crippen molar-refractivity contribution >= 4 is 21.7 Å². The van der Waals surface area contributed by atoms with Gasteiger partial charge in [-0.1, -0.05) is 18.2 Å². The van der Waals surface area contributed by atoms with Crippen LogP contribution in [0, 0.1) is 5.82 Å². The monoisotopic (exact) mass is 545 g/mol. The summed E-state index contributed by atoms with van der Waals surface area (Å²) in [6, 6.07) is 6.49. The first-order valence-electron chi connectivity index (χ1n) is 11.6. The molecule has 1 aliphatic rings. The molecule has 2 heterocycles. The molecule has 1 unspecified atom stereocenters. The van der Waals surface area contributed by atoms with E-state index < -0.39 is 39.5 Å². The molecule has 0 aliphatic carbocycles. The highest BCUT2D eigenvalue weighted by molar-refractivity contribution is 7.88. The second-order valence-corrected chi connectivity index (χ2v) is 11.2. The third-order valence-electron chi connectivity index (χ3n) is 6.39. The van der Waals surface area contributed by atoms with Crippen molar-refractivity contribution in [3.05, 3.63) is 58.5 Å². The first-order chi connectivity index (χ1) is 17.2. The highest BCUT2D eigenvalue weighted by atomic mass is 32.2. The number of amides is 1. The third-order valence-corrected chi connectivity index (χ3v) is 7.06. The zero-order valence-corrected chi connectivity index (χ0v) is 21.9. The summed E-state index contributed by atoms with van der Waals surface area (Å²) in [5.41, 5.74) is -0.0531. The van der Waals surface area contributed by atoms with Gasteiger partial charge in [0.2, 0.25) is 15.9 Å². The molecule has 3 rings (SSSR count). The van der Waals surface area contributed by atoms with Gasteiger partial charge in [-0.2, -0.15) is 13.2 Å². The van der Waals surface area contributed by atoms with Gasteiger partial charge < -0.3 is 15.1 Å². The Morgan fingerprint density at radius 3 is 2.43 bits per heavy atom. The number of anilines is 1. The van der Waals surface area contributed by atoms with Gasteiger partial charge in [-0.3, -0.25) is 4.79 Å². The fourth-order valence-electron chi connectivity index (χ4n) is 4.07. The summed E-state index contributed by atoms with van der Waals surface area (Å²) >= 11 is 0. The summed E-state index contributed by atoms with van der Waals surface area (Å²) in [5.74, 6) is -1.69. The minimum Gasteiger partial charge on any atom is -0.355 e. The number of carbonyl (C=O) groups is 1. The van der Waals surface area contributed by atoms with E-state index in [1.54, 1.807) is 11.8 Å². The highest BCUT2D eigenvalue weighted by Crippen LogP contribution is 2.32. The number of carbonyl (C=O) groups excluding carboxylic acids is 1. The molecule has 0 saturated carbocycles. The summed E-state index contributed by atoms with van der Waals surface area (Å²) in [6.07, 6.45) is -2.86. The molecule has 37 heavy (non-hydrogen) atoms. The predicted octanol–water partition coefficient (Wildman–Crippen LogP) is 2.85. The summed E-state index contributed by atoms with van der Waals surface area (Å²) < 4.78 is 79.2. The van der Waals surface area contributed by atoms with Crippen LogP contribution < -0.4 is 14.9 Å². The molecule has 1 aromatic carbocycles. The molecule has 1 amide bonds. The first kappa shape index (κ1) is 28.8. The number of nitrogens with zero attached hydrogens (tertiary/aromatic N) is 3. The molecule has 1 aliphatic heterocycles.